The van der Waals surface area contributed by atoms with Crippen LogP contribution in [0.3, 0.4) is 0 Å². The van der Waals surface area contributed by atoms with Gasteiger partial charge in [0.1, 0.15) is 0 Å². The van der Waals surface area contributed by atoms with Gasteiger partial charge >= 0.3 is 0 Å². The highest BCUT2D eigenvalue weighted by molar-refractivity contribution is 6.39. The highest BCUT2D eigenvalue weighted by Crippen LogP contribution is 2.29. The van der Waals surface area contributed by atoms with E-state index in [0.29, 0.717) is 35.4 Å². The number of likely N-dealkylation sites (N-methyl/N-ethyl adjacent to an activating group) is 1. The molecule has 0 bridgehead atoms. The first-order chi connectivity index (χ1) is 11.0. The molecule has 0 spiro atoms. The molecule has 0 heterocycles. The molecule has 0 atom stereocenters. The van der Waals surface area contributed by atoms with E-state index in [-0.39, 0.29) is 37.3 Å². The Balaban J connectivity index is 0.00000529. The van der Waals surface area contributed by atoms with Crippen LogP contribution in [0.4, 0.5) is 5.69 Å². The number of nitrogens with zero attached hydrogens (tertiary/aromatic N) is 1. The third-order valence-corrected chi connectivity index (χ3v) is 3.69. The first-order valence-corrected chi connectivity index (χ1v) is 7.96. The van der Waals surface area contributed by atoms with Crippen LogP contribution in [0.2, 0.25) is 10.0 Å². The van der Waals surface area contributed by atoms with Crippen molar-refractivity contribution in [2.24, 2.45) is 0 Å². The number of para-hydroxylation sites is 1. The van der Waals surface area contributed by atoms with Crippen LogP contribution < -0.4 is 10.6 Å². The third-order valence-electron chi connectivity index (χ3n) is 3.06. The van der Waals surface area contributed by atoms with Gasteiger partial charge in [-0.05, 0) is 19.1 Å². The lowest BCUT2D eigenvalue weighted by atomic mass is 10.3. The molecular weight excluding hydrogens is 377 g/mol. The third kappa shape index (κ3) is 7.68. The Hall–Kier alpha value is -1.05. The topological polar surface area (TPSA) is 70.7 Å². The van der Waals surface area contributed by atoms with Gasteiger partial charge in [0, 0.05) is 20.2 Å². The van der Waals surface area contributed by atoms with Crippen molar-refractivity contribution >= 4 is 53.1 Å². The average molecular weight is 399 g/mol. The molecule has 0 fully saturated rings. The van der Waals surface area contributed by atoms with Crippen molar-refractivity contribution < 1.29 is 14.3 Å². The van der Waals surface area contributed by atoms with Crippen LogP contribution in [-0.2, 0) is 14.3 Å². The molecule has 1 rings (SSSR count). The summed E-state index contributed by atoms with van der Waals surface area (Å²) in [6.45, 7) is 3.41. The Labute approximate surface area is 158 Å². The highest BCUT2D eigenvalue weighted by Gasteiger charge is 2.16. The number of methoxy groups -OCH3 is 1. The molecule has 6 nitrogen and oxygen atoms in total. The summed E-state index contributed by atoms with van der Waals surface area (Å²) in [6.07, 6.45) is 0. The summed E-state index contributed by atoms with van der Waals surface area (Å²) in [4.78, 5) is 25.6. The number of ether oxygens (including phenoxy) is 1. The van der Waals surface area contributed by atoms with Gasteiger partial charge in [0.15, 0.2) is 0 Å². The van der Waals surface area contributed by atoms with Crippen molar-refractivity contribution in [3.05, 3.63) is 28.2 Å². The summed E-state index contributed by atoms with van der Waals surface area (Å²) in [7, 11) is 1.59. The quantitative estimate of drug-likeness (QED) is 0.627. The van der Waals surface area contributed by atoms with Crippen LogP contribution in [0.5, 0.6) is 0 Å². The molecule has 9 heteroatoms. The molecule has 2 N–H and O–H groups in total. The van der Waals surface area contributed by atoms with E-state index in [9.17, 15) is 9.59 Å². The van der Waals surface area contributed by atoms with Crippen molar-refractivity contribution in [1.82, 2.24) is 10.2 Å². The van der Waals surface area contributed by atoms with Crippen LogP contribution in [0.25, 0.3) is 0 Å². The highest BCUT2D eigenvalue weighted by atomic mass is 35.5. The fourth-order valence-corrected chi connectivity index (χ4v) is 2.32. The predicted molar refractivity (Wildman–Crippen MR) is 99.3 cm³/mol. The van der Waals surface area contributed by atoms with Crippen LogP contribution in [-0.4, -0.2) is 56.6 Å². The maximum Gasteiger partial charge on any atom is 0.244 e. The number of rotatable bonds is 9. The first kappa shape index (κ1) is 22.9. The van der Waals surface area contributed by atoms with Gasteiger partial charge in [-0.3, -0.25) is 9.59 Å². The van der Waals surface area contributed by atoms with Gasteiger partial charge in [-0.1, -0.05) is 29.3 Å². The minimum atomic E-state index is -0.355. The Morgan fingerprint density at radius 1 is 1.25 bits per heavy atom. The van der Waals surface area contributed by atoms with Gasteiger partial charge < -0.3 is 20.3 Å². The number of carbonyl (C=O) groups is 2. The molecule has 0 unspecified atom stereocenters. The molecule has 1 aromatic rings. The number of halogens is 3. The SMILES string of the molecule is CCN(CC(=O)Nc1c(Cl)cccc1Cl)C(=O)CNCCOC.Cl. The maximum atomic E-state index is 12.1. The zero-order chi connectivity index (χ0) is 17.2. The monoisotopic (exact) mass is 397 g/mol. The molecule has 0 saturated heterocycles. The second-order valence-electron chi connectivity index (χ2n) is 4.72. The van der Waals surface area contributed by atoms with Crippen molar-refractivity contribution in [3.63, 3.8) is 0 Å². The van der Waals surface area contributed by atoms with Crippen molar-refractivity contribution in [2.45, 2.75) is 6.92 Å². The van der Waals surface area contributed by atoms with Crippen LogP contribution in [0.1, 0.15) is 6.92 Å². The smallest absolute Gasteiger partial charge is 0.244 e. The van der Waals surface area contributed by atoms with Crippen molar-refractivity contribution in [3.8, 4) is 0 Å². The number of carbonyl (C=O) groups excluding carboxylic acids is 2. The number of amides is 2. The van der Waals surface area contributed by atoms with Crippen LogP contribution in [0.15, 0.2) is 18.2 Å². The van der Waals surface area contributed by atoms with Gasteiger partial charge in [-0.25, -0.2) is 0 Å². The van der Waals surface area contributed by atoms with Crippen molar-refractivity contribution in [1.29, 1.82) is 0 Å². The summed E-state index contributed by atoms with van der Waals surface area (Å²) in [5.74, 6) is -0.517. The molecule has 0 aliphatic heterocycles. The first-order valence-electron chi connectivity index (χ1n) is 7.20. The number of benzene rings is 1. The van der Waals surface area contributed by atoms with Gasteiger partial charge in [0.05, 0.1) is 35.4 Å². The molecule has 0 radical (unpaired) electrons. The lowest BCUT2D eigenvalue weighted by molar-refractivity contribution is -0.133. The molecule has 136 valence electrons. The fraction of sp³-hybridized carbons (Fsp3) is 0.467. The summed E-state index contributed by atoms with van der Waals surface area (Å²) in [6, 6.07) is 4.95. The van der Waals surface area contributed by atoms with E-state index in [1.54, 1.807) is 25.3 Å². The van der Waals surface area contributed by atoms with Gasteiger partial charge in [-0.15, -0.1) is 12.4 Å². The zero-order valence-electron chi connectivity index (χ0n) is 13.6. The number of hydrogen-bond donors (Lipinski definition) is 2. The lowest BCUT2D eigenvalue weighted by Crippen LogP contribution is -2.42. The molecular formula is C15H22Cl3N3O3. The minimum absolute atomic E-state index is 0. The Kier molecular flexibility index (Phi) is 11.8. The predicted octanol–water partition coefficient (Wildman–Crippen LogP) is 2.44. The second kappa shape index (κ2) is 12.3. The van der Waals surface area contributed by atoms with E-state index in [1.165, 1.54) is 4.90 Å². The molecule has 24 heavy (non-hydrogen) atoms. The average Bonchev–Trinajstić information content (AvgIpc) is 2.52. The Morgan fingerprint density at radius 2 is 1.88 bits per heavy atom. The summed E-state index contributed by atoms with van der Waals surface area (Å²) >= 11 is 12.0. The molecule has 0 aliphatic rings. The molecule has 0 saturated carbocycles. The second-order valence-corrected chi connectivity index (χ2v) is 5.54. The van der Waals surface area contributed by atoms with Crippen LogP contribution in [0, 0.1) is 0 Å². The zero-order valence-corrected chi connectivity index (χ0v) is 15.9. The fourth-order valence-electron chi connectivity index (χ4n) is 1.83. The Morgan fingerprint density at radius 3 is 2.42 bits per heavy atom. The van der Waals surface area contributed by atoms with E-state index in [0.717, 1.165) is 0 Å². The van der Waals surface area contributed by atoms with E-state index < -0.39 is 0 Å². The molecule has 0 aromatic heterocycles. The van der Waals surface area contributed by atoms with Gasteiger partial charge in [-0.2, -0.15) is 0 Å². The number of nitrogens with one attached hydrogen (secondary N) is 2. The van der Waals surface area contributed by atoms with E-state index in [2.05, 4.69) is 10.6 Å². The van der Waals surface area contributed by atoms with E-state index >= 15 is 0 Å². The number of anilines is 1. The van der Waals surface area contributed by atoms with Gasteiger partial charge in [0.25, 0.3) is 0 Å². The number of hydrogen-bond acceptors (Lipinski definition) is 4. The van der Waals surface area contributed by atoms with E-state index in [4.69, 9.17) is 27.9 Å². The summed E-state index contributed by atoms with van der Waals surface area (Å²) < 4.78 is 4.89. The Bertz CT molecular complexity index is 524. The molecule has 1 aromatic carbocycles. The lowest BCUT2D eigenvalue weighted by Gasteiger charge is -2.21. The van der Waals surface area contributed by atoms with Crippen LogP contribution >= 0.6 is 35.6 Å². The van der Waals surface area contributed by atoms with Crippen molar-refractivity contribution in [2.75, 3.05) is 45.2 Å². The standard InChI is InChI=1S/C15H21Cl2N3O3.ClH/c1-3-20(14(22)9-18-7-8-23-2)10-13(21)19-15-11(16)5-4-6-12(15)17;/h4-6,18H,3,7-10H2,1-2H3,(H,19,21);1H. The summed E-state index contributed by atoms with van der Waals surface area (Å²) in [5.41, 5.74) is 0.350. The molecule has 2 amide bonds. The summed E-state index contributed by atoms with van der Waals surface area (Å²) in [5, 5.41) is 6.29. The minimum Gasteiger partial charge on any atom is -0.383 e. The largest absolute Gasteiger partial charge is 0.383 e. The normalized spacial score (nSPS) is 10.0. The van der Waals surface area contributed by atoms with Gasteiger partial charge in [0.2, 0.25) is 11.8 Å². The van der Waals surface area contributed by atoms with E-state index in [1.807, 2.05) is 6.92 Å². The maximum absolute atomic E-state index is 12.1. The molecule has 0 aliphatic carbocycles.